The Morgan fingerprint density at radius 2 is 1.14 bits per heavy atom. The van der Waals surface area contributed by atoms with Crippen molar-refractivity contribution < 1.29 is 4.74 Å². The van der Waals surface area contributed by atoms with E-state index in [-0.39, 0.29) is 16.2 Å². The van der Waals surface area contributed by atoms with Crippen LogP contribution in [0.25, 0.3) is 38.8 Å². The molecule has 1 aliphatic heterocycles. The molecule has 0 spiro atoms. The van der Waals surface area contributed by atoms with Crippen LogP contribution in [0.15, 0.2) is 152 Å². The third-order valence-electron chi connectivity index (χ3n) is 11.8. The van der Waals surface area contributed by atoms with Crippen molar-refractivity contribution in [2.24, 2.45) is 0 Å². The molecular formula is C54H54N4O. The summed E-state index contributed by atoms with van der Waals surface area (Å²) in [5.41, 5.74) is 13.1. The largest absolute Gasteiger partial charge is 0.457 e. The van der Waals surface area contributed by atoms with Gasteiger partial charge < -0.3 is 14.5 Å². The number of ether oxygens (including phenoxy) is 1. The number of aromatic nitrogens is 2. The maximum atomic E-state index is 6.77. The fourth-order valence-corrected chi connectivity index (χ4v) is 8.29. The van der Waals surface area contributed by atoms with Gasteiger partial charge in [-0.2, -0.15) is 0 Å². The van der Waals surface area contributed by atoms with E-state index in [4.69, 9.17) is 9.72 Å². The number of hydrogen-bond donors (Lipinski definition) is 0. The molecule has 0 amide bonds. The van der Waals surface area contributed by atoms with E-state index in [2.05, 4.69) is 222 Å². The van der Waals surface area contributed by atoms with Gasteiger partial charge in [0.15, 0.2) is 0 Å². The zero-order valence-corrected chi connectivity index (χ0v) is 35.8. The van der Waals surface area contributed by atoms with E-state index >= 15 is 0 Å². The Morgan fingerprint density at radius 1 is 0.458 bits per heavy atom. The lowest BCUT2D eigenvalue weighted by atomic mass is 9.84. The number of para-hydroxylation sites is 1. The van der Waals surface area contributed by atoms with E-state index in [1.165, 1.54) is 55.7 Å². The second-order valence-corrected chi connectivity index (χ2v) is 19.1. The highest BCUT2D eigenvalue weighted by Crippen LogP contribution is 2.48. The standard InChI is InChI=1S/C54H54N4O/c1-52(2,3)38-22-25-48-50(31-38)56(35-57(48)42-29-37(36-16-11-10-12-17-36)28-40(30-42)54(7,8)9)41-18-15-19-43(33-41)59-44-23-24-46-45-20-13-14-21-47(45)58(49(46)34-44)51-32-39(26-27-55-51)53(4,5)6/h10-34H,35H2,1-9H3. The van der Waals surface area contributed by atoms with Gasteiger partial charge in [0, 0.05) is 40.5 Å². The van der Waals surface area contributed by atoms with E-state index in [9.17, 15) is 0 Å². The molecule has 0 unspecified atom stereocenters. The zero-order valence-electron chi connectivity index (χ0n) is 35.8. The first-order chi connectivity index (χ1) is 28.1. The van der Waals surface area contributed by atoms with E-state index in [0.717, 1.165) is 34.0 Å². The third-order valence-corrected chi connectivity index (χ3v) is 11.8. The highest BCUT2D eigenvalue weighted by molar-refractivity contribution is 6.09. The van der Waals surface area contributed by atoms with Crippen molar-refractivity contribution in [2.45, 2.75) is 78.6 Å². The summed E-state index contributed by atoms with van der Waals surface area (Å²) in [7, 11) is 0. The fourth-order valence-electron chi connectivity index (χ4n) is 8.29. The maximum absolute atomic E-state index is 6.77. The Kier molecular flexibility index (Phi) is 9.19. The van der Waals surface area contributed by atoms with Gasteiger partial charge in [-0.3, -0.25) is 4.57 Å². The van der Waals surface area contributed by atoms with E-state index < -0.39 is 0 Å². The summed E-state index contributed by atoms with van der Waals surface area (Å²) in [6, 6.07) is 52.6. The second kappa shape index (κ2) is 14.2. The fraction of sp³-hybridized carbons (Fsp3) is 0.241. The molecule has 0 aliphatic carbocycles. The topological polar surface area (TPSA) is 33.5 Å². The van der Waals surface area contributed by atoms with Crippen LogP contribution in [0.3, 0.4) is 0 Å². The molecule has 0 saturated carbocycles. The van der Waals surface area contributed by atoms with Gasteiger partial charge in [0.25, 0.3) is 0 Å². The maximum Gasteiger partial charge on any atom is 0.137 e. The number of pyridine rings is 1. The Hall–Kier alpha value is -6.33. The van der Waals surface area contributed by atoms with Gasteiger partial charge in [-0.05, 0) is 111 Å². The monoisotopic (exact) mass is 774 g/mol. The molecule has 1 aliphatic rings. The van der Waals surface area contributed by atoms with E-state index in [0.29, 0.717) is 6.67 Å². The molecule has 296 valence electrons. The summed E-state index contributed by atoms with van der Waals surface area (Å²) in [6.45, 7) is 21.1. The molecule has 0 radical (unpaired) electrons. The average Bonchev–Trinajstić information content (AvgIpc) is 3.76. The molecule has 0 fully saturated rings. The summed E-state index contributed by atoms with van der Waals surface area (Å²) in [5.74, 6) is 2.46. The molecule has 59 heavy (non-hydrogen) atoms. The molecule has 3 heterocycles. The lowest BCUT2D eigenvalue weighted by Crippen LogP contribution is -2.24. The minimum absolute atomic E-state index is 0.00149. The number of hydrogen-bond acceptors (Lipinski definition) is 4. The van der Waals surface area contributed by atoms with Crippen molar-refractivity contribution in [1.82, 2.24) is 9.55 Å². The molecule has 0 N–H and O–H groups in total. The molecule has 0 atom stereocenters. The highest BCUT2D eigenvalue weighted by Gasteiger charge is 2.31. The van der Waals surface area contributed by atoms with Crippen molar-refractivity contribution in [3.8, 4) is 28.4 Å². The van der Waals surface area contributed by atoms with E-state index in [1.807, 2.05) is 6.20 Å². The van der Waals surface area contributed by atoms with Gasteiger partial charge in [0.1, 0.15) is 24.0 Å². The Bertz CT molecular complexity index is 2850. The lowest BCUT2D eigenvalue weighted by molar-refractivity contribution is 0.483. The summed E-state index contributed by atoms with van der Waals surface area (Å²) >= 11 is 0. The first-order valence-corrected chi connectivity index (χ1v) is 20.8. The lowest BCUT2D eigenvalue weighted by Gasteiger charge is -2.26. The van der Waals surface area contributed by atoms with E-state index in [1.54, 1.807) is 0 Å². The first kappa shape index (κ1) is 38.2. The number of anilines is 4. The van der Waals surface area contributed by atoms with Crippen LogP contribution in [0.5, 0.6) is 11.5 Å². The van der Waals surface area contributed by atoms with Crippen LogP contribution in [0.2, 0.25) is 0 Å². The van der Waals surface area contributed by atoms with Crippen molar-refractivity contribution in [3.05, 3.63) is 168 Å². The molecule has 5 heteroatoms. The summed E-state index contributed by atoms with van der Waals surface area (Å²) in [5, 5.41) is 2.36. The van der Waals surface area contributed by atoms with Crippen LogP contribution < -0.4 is 14.5 Å². The smallest absolute Gasteiger partial charge is 0.137 e. The normalized spacial score (nSPS) is 13.4. The van der Waals surface area contributed by atoms with Crippen molar-refractivity contribution in [2.75, 3.05) is 16.5 Å². The molecule has 0 saturated heterocycles. The Balaban J connectivity index is 1.11. The number of fused-ring (bicyclic) bond motifs is 4. The Morgan fingerprint density at radius 3 is 1.90 bits per heavy atom. The highest BCUT2D eigenvalue weighted by atomic mass is 16.5. The summed E-state index contributed by atoms with van der Waals surface area (Å²) < 4.78 is 9.04. The molecule has 8 aromatic rings. The SMILES string of the molecule is CC(C)(C)c1cc(-c2ccccc2)cc(N2CN(c3cccc(Oc4ccc5c6ccccc6n(-c6cc(C(C)(C)C)ccn6)c5c4)c3)c3cc(C(C)(C)C)ccc32)c1. The van der Waals surface area contributed by atoms with Crippen LogP contribution in [0.1, 0.15) is 79.0 Å². The average molecular weight is 775 g/mol. The van der Waals surface area contributed by atoms with Gasteiger partial charge >= 0.3 is 0 Å². The third kappa shape index (κ3) is 7.24. The van der Waals surface area contributed by atoms with Gasteiger partial charge in [0.2, 0.25) is 0 Å². The predicted octanol–water partition coefficient (Wildman–Crippen LogP) is 14.8. The summed E-state index contributed by atoms with van der Waals surface area (Å²) in [6.07, 6.45) is 1.92. The number of benzene rings is 6. The molecule has 0 bridgehead atoms. The quantitative estimate of drug-likeness (QED) is 0.168. The molecule has 5 nitrogen and oxygen atoms in total. The number of rotatable bonds is 6. The predicted molar refractivity (Wildman–Crippen MR) is 249 cm³/mol. The zero-order chi connectivity index (χ0) is 41.3. The second-order valence-electron chi connectivity index (χ2n) is 19.1. The minimum atomic E-state index is -0.0199. The van der Waals surface area contributed by atoms with Gasteiger partial charge in [0.05, 0.1) is 22.4 Å². The number of nitrogens with zero attached hydrogens (tertiary/aromatic N) is 4. The van der Waals surface area contributed by atoms with Gasteiger partial charge in [-0.25, -0.2) is 4.98 Å². The van der Waals surface area contributed by atoms with Crippen LogP contribution in [-0.2, 0) is 16.2 Å². The Labute approximate surface area is 349 Å². The van der Waals surface area contributed by atoms with Crippen LogP contribution in [0, 0.1) is 0 Å². The van der Waals surface area contributed by atoms with Crippen molar-refractivity contribution >= 4 is 44.6 Å². The summed E-state index contributed by atoms with van der Waals surface area (Å²) in [4.78, 5) is 9.78. The van der Waals surface area contributed by atoms with Gasteiger partial charge in [-0.1, -0.05) is 129 Å². The van der Waals surface area contributed by atoms with Crippen LogP contribution in [0.4, 0.5) is 22.7 Å². The van der Waals surface area contributed by atoms with Crippen molar-refractivity contribution in [3.63, 3.8) is 0 Å². The molecule has 2 aromatic heterocycles. The molecule has 6 aromatic carbocycles. The van der Waals surface area contributed by atoms with Crippen molar-refractivity contribution in [1.29, 1.82) is 0 Å². The molecular weight excluding hydrogens is 721 g/mol. The minimum Gasteiger partial charge on any atom is -0.457 e. The van der Waals surface area contributed by atoms with Gasteiger partial charge in [-0.15, -0.1) is 0 Å². The first-order valence-electron chi connectivity index (χ1n) is 20.8. The molecule has 9 rings (SSSR count). The van der Waals surface area contributed by atoms with Crippen LogP contribution in [-0.4, -0.2) is 16.2 Å². The van der Waals surface area contributed by atoms with Crippen LogP contribution >= 0.6 is 0 Å².